The summed E-state index contributed by atoms with van der Waals surface area (Å²) in [5.74, 6) is -0.750. The van der Waals surface area contributed by atoms with Gasteiger partial charge in [0.05, 0.1) is 11.5 Å². The smallest absolute Gasteiger partial charge is 0.264 e. The van der Waals surface area contributed by atoms with Crippen molar-refractivity contribution in [3.05, 3.63) is 63.6 Å². The van der Waals surface area contributed by atoms with Gasteiger partial charge in [-0.25, -0.2) is 13.1 Å². The first-order valence-corrected chi connectivity index (χ1v) is 9.16. The third-order valence-electron chi connectivity index (χ3n) is 2.82. The van der Waals surface area contributed by atoms with E-state index in [1.54, 1.807) is 36.4 Å². The fraction of sp³-hybridized carbons (Fsp3) is 0.133. The van der Waals surface area contributed by atoms with E-state index < -0.39 is 15.9 Å². The van der Waals surface area contributed by atoms with Crippen molar-refractivity contribution in [3.8, 4) is 0 Å². The van der Waals surface area contributed by atoms with Crippen LogP contribution in [0.15, 0.2) is 57.9 Å². The highest BCUT2D eigenvalue weighted by Gasteiger charge is 2.17. The van der Waals surface area contributed by atoms with Crippen LogP contribution in [0.25, 0.3) is 0 Å². The molecule has 0 heterocycles. The highest BCUT2D eigenvalue weighted by Crippen LogP contribution is 2.16. The number of sulfonamides is 1. The summed E-state index contributed by atoms with van der Waals surface area (Å²) in [6.45, 7) is -0.271. The van der Waals surface area contributed by atoms with Crippen molar-refractivity contribution in [1.82, 2.24) is 4.72 Å². The first kappa shape index (κ1) is 17.9. The van der Waals surface area contributed by atoms with Crippen molar-refractivity contribution < 1.29 is 17.9 Å². The first-order valence-electron chi connectivity index (χ1n) is 6.51. The van der Waals surface area contributed by atoms with E-state index in [9.17, 15) is 13.2 Å². The maximum Gasteiger partial charge on any atom is 0.264 e. The Hall–Kier alpha value is -1.41. The maximum atomic E-state index is 12.0. The Bertz CT molecular complexity index is 793. The van der Waals surface area contributed by atoms with Crippen LogP contribution in [0.4, 0.5) is 0 Å². The molecule has 0 unspecified atom stereocenters. The minimum atomic E-state index is -3.91. The Morgan fingerprint density at radius 2 is 1.78 bits per heavy atom. The summed E-state index contributed by atoms with van der Waals surface area (Å²) in [6, 6.07) is 13.0. The summed E-state index contributed by atoms with van der Waals surface area (Å²) in [4.78, 5) is 11.7. The highest BCUT2D eigenvalue weighted by atomic mass is 79.9. The van der Waals surface area contributed by atoms with E-state index in [0.717, 1.165) is 10.0 Å². The molecular formula is C15H13BrClNO4S. The Balaban J connectivity index is 1.89. The zero-order valence-electron chi connectivity index (χ0n) is 11.8. The fourth-order valence-electron chi connectivity index (χ4n) is 1.72. The van der Waals surface area contributed by atoms with E-state index >= 15 is 0 Å². The van der Waals surface area contributed by atoms with Gasteiger partial charge in [-0.2, -0.15) is 0 Å². The molecule has 8 heteroatoms. The van der Waals surface area contributed by atoms with Crippen LogP contribution < -0.4 is 4.72 Å². The maximum absolute atomic E-state index is 12.0. The van der Waals surface area contributed by atoms with Gasteiger partial charge < -0.3 is 4.74 Å². The van der Waals surface area contributed by atoms with Gasteiger partial charge in [-0.15, -0.1) is 0 Å². The standard InChI is InChI=1S/C15H13BrClNO4S/c16-12-5-7-13(8-6-12)23(20,21)18-15(19)10-22-9-11-3-1-2-4-14(11)17/h1-8H,9-10H2,(H,18,19). The van der Waals surface area contributed by atoms with Gasteiger partial charge in [0.2, 0.25) is 0 Å². The third-order valence-corrected chi connectivity index (χ3v) is 5.11. The summed E-state index contributed by atoms with van der Waals surface area (Å²) in [7, 11) is -3.91. The molecular weight excluding hydrogens is 406 g/mol. The summed E-state index contributed by atoms with van der Waals surface area (Å²) >= 11 is 9.17. The highest BCUT2D eigenvalue weighted by molar-refractivity contribution is 9.10. The molecule has 122 valence electrons. The largest absolute Gasteiger partial charge is 0.367 e. The molecule has 23 heavy (non-hydrogen) atoms. The average molecular weight is 419 g/mol. The van der Waals surface area contributed by atoms with Crippen LogP contribution >= 0.6 is 27.5 Å². The monoisotopic (exact) mass is 417 g/mol. The van der Waals surface area contributed by atoms with Crippen molar-refractivity contribution in [2.24, 2.45) is 0 Å². The SMILES string of the molecule is O=C(COCc1ccccc1Cl)NS(=O)(=O)c1ccc(Br)cc1. The minimum Gasteiger partial charge on any atom is -0.367 e. The van der Waals surface area contributed by atoms with Crippen molar-refractivity contribution in [2.45, 2.75) is 11.5 Å². The van der Waals surface area contributed by atoms with Crippen LogP contribution in [0, 0.1) is 0 Å². The second-order valence-corrected chi connectivity index (χ2v) is 7.57. The summed E-state index contributed by atoms with van der Waals surface area (Å²) in [6.07, 6.45) is 0. The Morgan fingerprint density at radius 1 is 1.13 bits per heavy atom. The normalized spacial score (nSPS) is 11.2. The zero-order chi connectivity index (χ0) is 16.9. The molecule has 0 aliphatic rings. The number of hydrogen-bond acceptors (Lipinski definition) is 4. The van der Waals surface area contributed by atoms with Crippen LogP contribution in [-0.4, -0.2) is 20.9 Å². The van der Waals surface area contributed by atoms with E-state index in [1.165, 1.54) is 12.1 Å². The molecule has 2 aromatic rings. The van der Waals surface area contributed by atoms with Gasteiger partial charge >= 0.3 is 0 Å². The van der Waals surface area contributed by atoms with Crippen molar-refractivity contribution in [1.29, 1.82) is 0 Å². The van der Waals surface area contributed by atoms with E-state index in [1.807, 2.05) is 4.72 Å². The van der Waals surface area contributed by atoms with Gasteiger partial charge in [-0.1, -0.05) is 45.7 Å². The second kappa shape index (κ2) is 7.92. The molecule has 1 amide bonds. The van der Waals surface area contributed by atoms with Gasteiger partial charge in [0.1, 0.15) is 6.61 Å². The van der Waals surface area contributed by atoms with Gasteiger partial charge in [0.15, 0.2) is 0 Å². The van der Waals surface area contributed by atoms with Crippen LogP contribution in [0.1, 0.15) is 5.56 Å². The molecule has 5 nitrogen and oxygen atoms in total. The molecule has 0 saturated carbocycles. The van der Waals surface area contributed by atoms with Crippen LogP contribution in [-0.2, 0) is 26.2 Å². The molecule has 0 fully saturated rings. The predicted octanol–water partition coefficient (Wildman–Crippen LogP) is 3.12. The number of amides is 1. The number of carbonyl (C=O) groups excluding carboxylic acids is 1. The molecule has 0 spiro atoms. The lowest BCUT2D eigenvalue weighted by Gasteiger charge is -2.08. The van der Waals surface area contributed by atoms with Crippen molar-refractivity contribution in [2.75, 3.05) is 6.61 Å². The van der Waals surface area contributed by atoms with Crippen LogP contribution in [0.3, 0.4) is 0 Å². The third kappa shape index (κ3) is 5.31. The van der Waals surface area contributed by atoms with Gasteiger partial charge in [-0.05, 0) is 35.9 Å². The molecule has 0 aliphatic heterocycles. The number of rotatable bonds is 6. The Morgan fingerprint density at radius 3 is 2.43 bits per heavy atom. The number of halogens is 2. The topological polar surface area (TPSA) is 72.5 Å². The van der Waals surface area contributed by atoms with E-state index in [-0.39, 0.29) is 18.1 Å². The van der Waals surface area contributed by atoms with Crippen LogP contribution in [0.2, 0.25) is 5.02 Å². The average Bonchev–Trinajstić information content (AvgIpc) is 2.49. The van der Waals surface area contributed by atoms with Gasteiger partial charge in [0, 0.05) is 9.50 Å². The molecule has 1 N–H and O–H groups in total. The summed E-state index contributed by atoms with van der Waals surface area (Å²) in [5.41, 5.74) is 0.720. The molecule has 0 aliphatic carbocycles. The molecule has 0 aromatic heterocycles. The lowest BCUT2D eigenvalue weighted by atomic mass is 10.2. The number of nitrogens with one attached hydrogen (secondary N) is 1. The summed E-state index contributed by atoms with van der Waals surface area (Å²) < 4.78 is 31.9. The lowest BCUT2D eigenvalue weighted by molar-refractivity contribution is -0.124. The number of benzene rings is 2. The van der Waals surface area contributed by atoms with Gasteiger partial charge in [-0.3, -0.25) is 4.79 Å². The fourth-order valence-corrected chi connectivity index (χ4v) is 3.15. The molecule has 0 radical (unpaired) electrons. The van der Waals surface area contributed by atoms with E-state index in [4.69, 9.17) is 16.3 Å². The molecule has 0 atom stereocenters. The first-order chi connectivity index (χ1) is 10.9. The molecule has 2 rings (SSSR count). The molecule has 2 aromatic carbocycles. The summed E-state index contributed by atoms with van der Waals surface area (Å²) in [5, 5.41) is 0.524. The number of ether oxygens (including phenoxy) is 1. The number of hydrogen-bond donors (Lipinski definition) is 1. The van der Waals surface area contributed by atoms with E-state index in [2.05, 4.69) is 15.9 Å². The van der Waals surface area contributed by atoms with Crippen molar-refractivity contribution in [3.63, 3.8) is 0 Å². The second-order valence-electron chi connectivity index (χ2n) is 4.57. The van der Waals surface area contributed by atoms with E-state index in [0.29, 0.717) is 5.02 Å². The Kier molecular flexibility index (Phi) is 6.17. The zero-order valence-corrected chi connectivity index (χ0v) is 15.0. The molecule has 0 saturated heterocycles. The quantitative estimate of drug-likeness (QED) is 0.782. The van der Waals surface area contributed by atoms with Gasteiger partial charge in [0.25, 0.3) is 15.9 Å². The lowest BCUT2D eigenvalue weighted by Crippen LogP contribution is -2.33. The van der Waals surface area contributed by atoms with Crippen molar-refractivity contribution >= 4 is 43.5 Å². The van der Waals surface area contributed by atoms with Crippen LogP contribution in [0.5, 0.6) is 0 Å². The Labute approximate surface area is 147 Å². The number of carbonyl (C=O) groups is 1. The predicted molar refractivity (Wildman–Crippen MR) is 90.6 cm³/mol. The minimum absolute atomic E-state index is 0.000142. The molecule has 0 bridgehead atoms.